The van der Waals surface area contributed by atoms with Gasteiger partial charge in [0, 0.05) is 24.9 Å². The van der Waals surface area contributed by atoms with Crippen LogP contribution in [0.1, 0.15) is 57.8 Å². The number of aromatic nitrogens is 2. The molecule has 108 valence electrons. The quantitative estimate of drug-likeness (QED) is 0.885. The van der Waals surface area contributed by atoms with E-state index in [0.29, 0.717) is 0 Å². The smallest absolute Gasteiger partial charge is 0.160 e. The lowest BCUT2D eigenvalue weighted by molar-refractivity contribution is 0.00862. The molecular weight excluding hydrogens is 238 g/mol. The number of nitrogens with zero attached hydrogens (tertiary/aromatic N) is 2. The first-order valence-corrected chi connectivity index (χ1v) is 6.99. The topological polar surface area (TPSA) is 47.0 Å². The molecule has 0 saturated carbocycles. The van der Waals surface area contributed by atoms with Crippen molar-refractivity contribution in [3.05, 3.63) is 17.1 Å². The van der Waals surface area contributed by atoms with E-state index in [1.807, 2.05) is 6.92 Å². The lowest BCUT2D eigenvalue weighted by Crippen LogP contribution is -2.23. The molecule has 0 bridgehead atoms. The van der Waals surface area contributed by atoms with Gasteiger partial charge in [-0.3, -0.25) is 0 Å². The molecule has 4 nitrogen and oxygen atoms in total. The van der Waals surface area contributed by atoms with Gasteiger partial charge in [0.2, 0.25) is 0 Å². The number of methoxy groups -OCH3 is 1. The fourth-order valence-corrected chi connectivity index (χ4v) is 2.32. The summed E-state index contributed by atoms with van der Waals surface area (Å²) in [5.41, 5.74) is 2.20. The van der Waals surface area contributed by atoms with Crippen molar-refractivity contribution in [3.8, 4) is 0 Å². The molecule has 1 heterocycles. The van der Waals surface area contributed by atoms with Gasteiger partial charge in [-0.2, -0.15) is 0 Å². The highest BCUT2D eigenvalue weighted by molar-refractivity contribution is 5.46. The van der Waals surface area contributed by atoms with Crippen LogP contribution in [0.5, 0.6) is 0 Å². The summed E-state index contributed by atoms with van der Waals surface area (Å²) in [5, 5.41) is 3.33. The van der Waals surface area contributed by atoms with Gasteiger partial charge in [-0.05, 0) is 25.7 Å². The molecule has 1 atom stereocenters. The van der Waals surface area contributed by atoms with Crippen LogP contribution < -0.4 is 5.32 Å². The van der Waals surface area contributed by atoms with Crippen LogP contribution in [0.2, 0.25) is 0 Å². The predicted molar refractivity (Wildman–Crippen MR) is 79.5 cm³/mol. The van der Waals surface area contributed by atoms with E-state index in [4.69, 9.17) is 4.74 Å². The van der Waals surface area contributed by atoms with Crippen LogP contribution in [0.25, 0.3) is 0 Å². The molecular formula is C15H27N3O. The predicted octanol–water partition coefficient (Wildman–Crippen LogP) is 3.51. The molecule has 0 spiro atoms. The Balaban J connectivity index is 3.29. The van der Waals surface area contributed by atoms with E-state index in [2.05, 4.69) is 49.9 Å². The molecule has 1 N–H and O–H groups in total. The molecule has 0 aliphatic rings. The summed E-state index contributed by atoms with van der Waals surface area (Å²) in [7, 11) is 1.72. The molecule has 0 aliphatic carbocycles. The van der Waals surface area contributed by atoms with E-state index in [-0.39, 0.29) is 11.5 Å². The van der Waals surface area contributed by atoms with Crippen LogP contribution in [0.15, 0.2) is 0 Å². The second kappa shape index (κ2) is 6.33. The molecule has 1 aromatic rings. The van der Waals surface area contributed by atoms with Crippen molar-refractivity contribution in [2.75, 3.05) is 19.0 Å². The van der Waals surface area contributed by atoms with Gasteiger partial charge in [0.05, 0.1) is 0 Å². The summed E-state index contributed by atoms with van der Waals surface area (Å²) in [6, 6.07) is 0. The largest absolute Gasteiger partial charge is 0.373 e. The normalized spacial score (nSPS) is 13.4. The number of rotatable bonds is 5. The SMILES string of the molecule is CCNc1nc(C(OC)C(C)(C)C)nc(C)c1CC. The number of hydrogen-bond donors (Lipinski definition) is 1. The van der Waals surface area contributed by atoms with Crippen LogP contribution in [-0.2, 0) is 11.2 Å². The van der Waals surface area contributed by atoms with Gasteiger partial charge in [-0.15, -0.1) is 0 Å². The second-order valence-corrected chi connectivity index (χ2v) is 5.86. The van der Waals surface area contributed by atoms with Crippen LogP contribution >= 0.6 is 0 Å². The monoisotopic (exact) mass is 265 g/mol. The Morgan fingerprint density at radius 1 is 1.21 bits per heavy atom. The van der Waals surface area contributed by atoms with Gasteiger partial charge in [0.25, 0.3) is 0 Å². The zero-order valence-electron chi connectivity index (χ0n) is 13.3. The zero-order chi connectivity index (χ0) is 14.6. The minimum atomic E-state index is -0.102. The second-order valence-electron chi connectivity index (χ2n) is 5.86. The minimum absolute atomic E-state index is 0.0294. The molecule has 1 rings (SSSR count). The highest BCUT2D eigenvalue weighted by Gasteiger charge is 2.29. The van der Waals surface area contributed by atoms with Crippen LogP contribution in [0.3, 0.4) is 0 Å². The van der Waals surface area contributed by atoms with Crippen LogP contribution in [0, 0.1) is 12.3 Å². The third kappa shape index (κ3) is 3.66. The number of aryl methyl sites for hydroxylation is 1. The Morgan fingerprint density at radius 2 is 1.84 bits per heavy atom. The third-order valence-electron chi connectivity index (χ3n) is 3.19. The minimum Gasteiger partial charge on any atom is -0.373 e. The Kier molecular flexibility index (Phi) is 5.29. The van der Waals surface area contributed by atoms with Crippen LogP contribution in [-0.4, -0.2) is 23.6 Å². The Morgan fingerprint density at radius 3 is 2.26 bits per heavy atom. The number of anilines is 1. The lowest BCUT2D eigenvalue weighted by Gasteiger charge is -2.29. The molecule has 4 heteroatoms. The maximum absolute atomic E-state index is 5.61. The van der Waals surface area contributed by atoms with Gasteiger partial charge < -0.3 is 10.1 Å². The first-order valence-electron chi connectivity index (χ1n) is 6.99. The van der Waals surface area contributed by atoms with Gasteiger partial charge >= 0.3 is 0 Å². The highest BCUT2D eigenvalue weighted by Crippen LogP contribution is 2.34. The Bertz CT molecular complexity index is 424. The van der Waals surface area contributed by atoms with Gasteiger partial charge in [0.15, 0.2) is 5.82 Å². The summed E-state index contributed by atoms with van der Waals surface area (Å²) < 4.78 is 5.61. The van der Waals surface area contributed by atoms with Crippen molar-refractivity contribution < 1.29 is 4.74 Å². The van der Waals surface area contributed by atoms with Crippen molar-refractivity contribution in [1.82, 2.24) is 9.97 Å². The van der Waals surface area contributed by atoms with Crippen molar-refractivity contribution in [1.29, 1.82) is 0 Å². The summed E-state index contributed by atoms with van der Waals surface area (Å²) in [6.07, 6.45) is 0.830. The molecule has 19 heavy (non-hydrogen) atoms. The number of hydrogen-bond acceptors (Lipinski definition) is 4. The van der Waals surface area contributed by atoms with E-state index < -0.39 is 0 Å². The van der Waals surface area contributed by atoms with Crippen molar-refractivity contribution in [2.24, 2.45) is 5.41 Å². The molecule has 0 radical (unpaired) electrons. The first kappa shape index (κ1) is 15.9. The third-order valence-corrected chi connectivity index (χ3v) is 3.19. The number of nitrogens with one attached hydrogen (secondary N) is 1. The summed E-state index contributed by atoms with van der Waals surface area (Å²) in [5.74, 6) is 1.71. The van der Waals surface area contributed by atoms with Crippen LogP contribution in [0.4, 0.5) is 5.82 Å². The maximum atomic E-state index is 5.61. The highest BCUT2D eigenvalue weighted by atomic mass is 16.5. The van der Waals surface area contributed by atoms with Crippen molar-refractivity contribution >= 4 is 5.82 Å². The fraction of sp³-hybridized carbons (Fsp3) is 0.733. The molecule has 0 aliphatic heterocycles. The Hall–Kier alpha value is -1.16. The molecule has 0 fully saturated rings. The number of ether oxygens (including phenoxy) is 1. The first-order chi connectivity index (χ1) is 8.85. The average molecular weight is 265 g/mol. The zero-order valence-corrected chi connectivity index (χ0v) is 13.3. The Labute approximate surface area is 117 Å². The standard InChI is InChI=1S/C15H27N3O/c1-8-11-10(3)17-14(18-13(11)16-9-2)12(19-7)15(4,5)6/h12H,8-9H2,1-7H3,(H,16,17,18). The van der Waals surface area contributed by atoms with E-state index in [1.165, 1.54) is 5.56 Å². The molecule has 0 aromatic carbocycles. The van der Waals surface area contributed by atoms with E-state index in [1.54, 1.807) is 7.11 Å². The van der Waals surface area contributed by atoms with Gasteiger partial charge in [-0.1, -0.05) is 27.7 Å². The lowest BCUT2D eigenvalue weighted by atomic mass is 9.88. The summed E-state index contributed by atoms with van der Waals surface area (Å²) in [4.78, 5) is 9.33. The molecule has 0 amide bonds. The van der Waals surface area contributed by atoms with E-state index >= 15 is 0 Å². The summed E-state index contributed by atoms with van der Waals surface area (Å²) in [6.45, 7) is 13.5. The van der Waals surface area contributed by atoms with Crippen molar-refractivity contribution in [2.45, 2.75) is 54.1 Å². The summed E-state index contributed by atoms with van der Waals surface area (Å²) >= 11 is 0. The average Bonchev–Trinajstić information content (AvgIpc) is 2.28. The molecule has 1 unspecified atom stereocenters. The maximum Gasteiger partial charge on any atom is 0.160 e. The van der Waals surface area contributed by atoms with E-state index in [0.717, 1.165) is 30.3 Å². The van der Waals surface area contributed by atoms with Crippen molar-refractivity contribution in [3.63, 3.8) is 0 Å². The van der Waals surface area contributed by atoms with Gasteiger partial charge in [-0.25, -0.2) is 9.97 Å². The van der Waals surface area contributed by atoms with Gasteiger partial charge in [0.1, 0.15) is 11.9 Å². The fourth-order valence-electron chi connectivity index (χ4n) is 2.32. The molecule has 1 aromatic heterocycles. The van der Waals surface area contributed by atoms with E-state index in [9.17, 15) is 0 Å². The molecule has 0 saturated heterocycles.